The quantitative estimate of drug-likeness (QED) is 0.845. The molecule has 2 N–H and O–H groups in total. The molecule has 0 radical (unpaired) electrons. The van der Waals surface area contributed by atoms with E-state index in [1.807, 2.05) is 19.1 Å². The highest BCUT2D eigenvalue weighted by atomic mass is 16.5. The van der Waals surface area contributed by atoms with Gasteiger partial charge in [-0.2, -0.15) is 0 Å². The maximum atomic E-state index is 10.9. The largest absolute Gasteiger partial charge is 0.508 e. The summed E-state index contributed by atoms with van der Waals surface area (Å²) in [5, 5.41) is 18.2. The Kier molecular flexibility index (Phi) is 3.84. The number of phenols is 1. The Morgan fingerprint density at radius 3 is 2.72 bits per heavy atom. The Morgan fingerprint density at radius 1 is 1.44 bits per heavy atom. The molecule has 0 bridgehead atoms. The number of ether oxygens (including phenoxy) is 1. The van der Waals surface area contributed by atoms with Crippen LogP contribution in [0.15, 0.2) is 24.3 Å². The van der Waals surface area contributed by atoms with E-state index >= 15 is 0 Å². The van der Waals surface area contributed by atoms with Gasteiger partial charge in [0, 0.05) is 19.1 Å². The van der Waals surface area contributed by atoms with Gasteiger partial charge in [0.05, 0.1) is 6.61 Å². The molecule has 5 nitrogen and oxygen atoms in total. The number of nitrogens with zero attached hydrogens (tertiary/aromatic N) is 1. The van der Waals surface area contributed by atoms with Crippen LogP contribution in [0.3, 0.4) is 0 Å². The zero-order valence-electron chi connectivity index (χ0n) is 10.2. The summed E-state index contributed by atoms with van der Waals surface area (Å²) in [5.74, 6) is -0.686. The van der Waals surface area contributed by atoms with Gasteiger partial charge in [0.25, 0.3) is 0 Å². The molecule has 1 fully saturated rings. The van der Waals surface area contributed by atoms with E-state index in [1.165, 1.54) is 0 Å². The highest BCUT2D eigenvalue weighted by Gasteiger charge is 2.29. The van der Waals surface area contributed by atoms with Gasteiger partial charge in [-0.15, -0.1) is 0 Å². The highest BCUT2D eigenvalue weighted by molar-refractivity contribution is 5.72. The molecule has 1 aliphatic rings. The first-order valence-electron chi connectivity index (χ1n) is 5.95. The maximum Gasteiger partial charge on any atom is 0.334 e. The average molecular weight is 251 g/mol. The lowest BCUT2D eigenvalue weighted by Gasteiger charge is -2.35. The molecule has 1 aromatic carbocycles. The third-order valence-corrected chi connectivity index (χ3v) is 3.30. The summed E-state index contributed by atoms with van der Waals surface area (Å²) in [6.07, 6.45) is -0.752. The molecule has 1 aliphatic heterocycles. The van der Waals surface area contributed by atoms with Gasteiger partial charge in [-0.3, -0.25) is 4.90 Å². The maximum absolute atomic E-state index is 10.9. The summed E-state index contributed by atoms with van der Waals surface area (Å²) in [7, 11) is 0. The van der Waals surface area contributed by atoms with Crippen molar-refractivity contribution in [3.63, 3.8) is 0 Å². The van der Waals surface area contributed by atoms with E-state index in [0.29, 0.717) is 19.7 Å². The number of aromatic hydroxyl groups is 1. The molecule has 2 rings (SSSR count). The van der Waals surface area contributed by atoms with E-state index in [-0.39, 0.29) is 11.8 Å². The molecule has 18 heavy (non-hydrogen) atoms. The summed E-state index contributed by atoms with van der Waals surface area (Å²) in [6, 6.07) is 7.09. The van der Waals surface area contributed by atoms with Crippen molar-refractivity contribution in [1.82, 2.24) is 4.90 Å². The number of benzene rings is 1. The average Bonchev–Trinajstić information content (AvgIpc) is 2.39. The monoisotopic (exact) mass is 251 g/mol. The number of rotatable bonds is 3. The van der Waals surface area contributed by atoms with E-state index in [0.717, 1.165) is 5.56 Å². The van der Waals surface area contributed by atoms with Gasteiger partial charge < -0.3 is 14.9 Å². The van der Waals surface area contributed by atoms with Crippen molar-refractivity contribution in [1.29, 1.82) is 0 Å². The first-order chi connectivity index (χ1) is 8.58. The third-order valence-electron chi connectivity index (χ3n) is 3.30. The lowest BCUT2D eigenvalue weighted by molar-refractivity contribution is -0.157. The second kappa shape index (κ2) is 5.37. The number of hydrogen-bond donors (Lipinski definition) is 2. The summed E-state index contributed by atoms with van der Waals surface area (Å²) in [4.78, 5) is 13.0. The number of hydrogen-bond acceptors (Lipinski definition) is 4. The number of carboxylic acid groups (broad SMARTS) is 1. The van der Waals surface area contributed by atoms with Crippen molar-refractivity contribution < 1.29 is 19.7 Å². The van der Waals surface area contributed by atoms with Crippen LogP contribution in [0.2, 0.25) is 0 Å². The number of aliphatic carboxylic acids is 1. The number of phenolic OH excluding ortho intramolecular Hbond substituents is 1. The standard InChI is InChI=1S/C13H17NO4/c1-9(10-2-4-11(15)5-3-10)14-6-7-18-12(8-14)13(16)17/h2-5,9,12,15H,6-8H2,1H3,(H,16,17). The normalized spacial score (nSPS) is 22.6. The van der Waals surface area contributed by atoms with E-state index in [4.69, 9.17) is 9.84 Å². The molecule has 0 spiro atoms. The van der Waals surface area contributed by atoms with Crippen molar-refractivity contribution in [3.8, 4) is 5.75 Å². The molecule has 2 atom stereocenters. The third kappa shape index (κ3) is 2.80. The predicted molar refractivity (Wildman–Crippen MR) is 65.5 cm³/mol. The Balaban J connectivity index is 2.06. The minimum absolute atomic E-state index is 0.108. The van der Waals surface area contributed by atoms with Crippen molar-refractivity contribution in [2.24, 2.45) is 0 Å². The fourth-order valence-corrected chi connectivity index (χ4v) is 2.13. The van der Waals surface area contributed by atoms with Crippen LogP contribution in [0.5, 0.6) is 5.75 Å². The lowest BCUT2D eigenvalue weighted by atomic mass is 10.1. The van der Waals surface area contributed by atoms with Crippen LogP contribution in [0, 0.1) is 0 Å². The molecule has 1 saturated heterocycles. The smallest absolute Gasteiger partial charge is 0.334 e. The van der Waals surface area contributed by atoms with Gasteiger partial charge >= 0.3 is 5.97 Å². The Morgan fingerprint density at radius 2 is 2.11 bits per heavy atom. The molecule has 98 valence electrons. The van der Waals surface area contributed by atoms with Gasteiger partial charge in [0.2, 0.25) is 0 Å². The first kappa shape index (κ1) is 12.9. The number of carboxylic acids is 1. The molecule has 1 heterocycles. The van der Waals surface area contributed by atoms with Gasteiger partial charge in [-0.05, 0) is 24.6 Å². The van der Waals surface area contributed by atoms with Gasteiger partial charge in [-0.1, -0.05) is 12.1 Å². The minimum Gasteiger partial charge on any atom is -0.508 e. The van der Waals surface area contributed by atoms with Crippen LogP contribution in [-0.2, 0) is 9.53 Å². The van der Waals surface area contributed by atoms with Gasteiger partial charge in [0.1, 0.15) is 5.75 Å². The fraction of sp³-hybridized carbons (Fsp3) is 0.462. The lowest BCUT2D eigenvalue weighted by Crippen LogP contribution is -2.46. The first-order valence-corrected chi connectivity index (χ1v) is 5.95. The van der Waals surface area contributed by atoms with E-state index in [2.05, 4.69) is 4.90 Å². The summed E-state index contributed by atoms with van der Waals surface area (Å²) in [6.45, 7) is 3.55. The summed E-state index contributed by atoms with van der Waals surface area (Å²) in [5.41, 5.74) is 1.05. The van der Waals surface area contributed by atoms with Crippen LogP contribution in [-0.4, -0.2) is 46.9 Å². The van der Waals surface area contributed by atoms with Crippen LogP contribution < -0.4 is 0 Å². The zero-order chi connectivity index (χ0) is 13.1. The SMILES string of the molecule is CC(c1ccc(O)cc1)N1CCOC(C(=O)O)C1. The van der Waals surface area contributed by atoms with Crippen LogP contribution in [0.4, 0.5) is 0 Å². The van der Waals surface area contributed by atoms with E-state index in [9.17, 15) is 9.90 Å². The molecule has 5 heteroatoms. The molecule has 0 saturated carbocycles. The minimum atomic E-state index is -0.919. The second-order valence-corrected chi connectivity index (χ2v) is 4.46. The zero-order valence-corrected chi connectivity index (χ0v) is 10.2. The predicted octanol–water partition coefficient (Wildman–Crippen LogP) is 1.24. The molecule has 0 amide bonds. The number of morpholine rings is 1. The van der Waals surface area contributed by atoms with Crippen LogP contribution in [0.25, 0.3) is 0 Å². The Hall–Kier alpha value is -1.59. The van der Waals surface area contributed by atoms with Crippen molar-refractivity contribution in [2.45, 2.75) is 19.1 Å². The van der Waals surface area contributed by atoms with E-state index < -0.39 is 12.1 Å². The van der Waals surface area contributed by atoms with E-state index in [1.54, 1.807) is 12.1 Å². The molecular formula is C13H17NO4. The van der Waals surface area contributed by atoms with Gasteiger partial charge in [0.15, 0.2) is 6.10 Å². The van der Waals surface area contributed by atoms with Crippen LogP contribution in [0.1, 0.15) is 18.5 Å². The van der Waals surface area contributed by atoms with Crippen LogP contribution >= 0.6 is 0 Å². The van der Waals surface area contributed by atoms with Crippen molar-refractivity contribution in [2.75, 3.05) is 19.7 Å². The topological polar surface area (TPSA) is 70.0 Å². The fourth-order valence-electron chi connectivity index (χ4n) is 2.13. The molecule has 0 aliphatic carbocycles. The Bertz CT molecular complexity index is 418. The molecular weight excluding hydrogens is 234 g/mol. The molecule has 0 aromatic heterocycles. The number of carbonyl (C=O) groups is 1. The van der Waals surface area contributed by atoms with Crippen molar-refractivity contribution >= 4 is 5.97 Å². The molecule has 1 aromatic rings. The highest BCUT2D eigenvalue weighted by Crippen LogP contribution is 2.24. The Labute approximate surface area is 106 Å². The summed E-state index contributed by atoms with van der Waals surface area (Å²) < 4.78 is 5.19. The van der Waals surface area contributed by atoms with Crippen molar-refractivity contribution in [3.05, 3.63) is 29.8 Å². The second-order valence-electron chi connectivity index (χ2n) is 4.46. The summed E-state index contributed by atoms with van der Waals surface area (Å²) >= 11 is 0. The van der Waals surface area contributed by atoms with Gasteiger partial charge in [-0.25, -0.2) is 4.79 Å². The molecule has 2 unspecified atom stereocenters.